The molecule has 0 N–H and O–H groups in total. The SMILES string of the molecule is Cc1cc(C(F)(F)F)ccc1OC1CCN(C(=O)N2CC[C@@H]3OCC(=O)C[C@@H]3C2)CC1. The summed E-state index contributed by atoms with van der Waals surface area (Å²) in [7, 11) is 0. The second-order valence-corrected chi connectivity index (χ2v) is 8.65. The van der Waals surface area contributed by atoms with Gasteiger partial charge in [-0.15, -0.1) is 0 Å². The molecule has 2 amide bonds. The number of urea groups is 1. The Balaban J connectivity index is 1.29. The van der Waals surface area contributed by atoms with Gasteiger partial charge in [0.1, 0.15) is 18.5 Å². The lowest BCUT2D eigenvalue weighted by atomic mass is 9.88. The summed E-state index contributed by atoms with van der Waals surface area (Å²) in [6.45, 7) is 4.01. The monoisotopic (exact) mass is 440 g/mol. The van der Waals surface area contributed by atoms with Gasteiger partial charge >= 0.3 is 12.2 Å². The van der Waals surface area contributed by atoms with Crippen LogP contribution in [0.3, 0.4) is 0 Å². The molecule has 0 bridgehead atoms. The van der Waals surface area contributed by atoms with E-state index in [1.165, 1.54) is 6.07 Å². The molecule has 0 aliphatic carbocycles. The van der Waals surface area contributed by atoms with Gasteiger partial charge in [-0.25, -0.2) is 4.79 Å². The normalized spacial score (nSPS) is 25.4. The Morgan fingerprint density at radius 2 is 1.84 bits per heavy atom. The maximum Gasteiger partial charge on any atom is 0.416 e. The fourth-order valence-corrected chi connectivity index (χ4v) is 4.65. The molecule has 6 nitrogen and oxygen atoms in total. The van der Waals surface area contributed by atoms with Crippen LogP contribution in [0.4, 0.5) is 18.0 Å². The molecule has 0 saturated carbocycles. The summed E-state index contributed by atoms with van der Waals surface area (Å²) in [5.41, 5.74) is -0.243. The number of hydrogen-bond donors (Lipinski definition) is 0. The first-order valence-electron chi connectivity index (χ1n) is 10.7. The topological polar surface area (TPSA) is 59.1 Å². The number of carbonyl (C=O) groups is 2. The van der Waals surface area contributed by atoms with E-state index in [1.54, 1.807) is 11.8 Å². The van der Waals surface area contributed by atoms with Crippen molar-refractivity contribution in [1.29, 1.82) is 0 Å². The maximum absolute atomic E-state index is 12.9. The summed E-state index contributed by atoms with van der Waals surface area (Å²) in [5, 5.41) is 0. The van der Waals surface area contributed by atoms with E-state index >= 15 is 0 Å². The predicted molar refractivity (Wildman–Crippen MR) is 106 cm³/mol. The summed E-state index contributed by atoms with van der Waals surface area (Å²) in [6.07, 6.45) is -2.00. The Hall–Kier alpha value is -2.29. The van der Waals surface area contributed by atoms with Crippen LogP contribution >= 0.6 is 0 Å². The van der Waals surface area contributed by atoms with Crippen molar-refractivity contribution in [3.8, 4) is 5.75 Å². The third-order valence-electron chi connectivity index (χ3n) is 6.39. The number of rotatable bonds is 2. The number of likely N-dealkylation sites (tertiary alicyclic amines) is 2. The molecule has 0 unspecified atom stereocenters. The number of ketones is 1. The molecule has 1 aromatic rings. The summed E-state index contributed by atoms with van der Waals surface area (Å²) in [4.78, 5) is 28.2. The number of Topliss-reactive ketones (excluding diaryl/α,β-unsaturated/α-hetero) is 1. The van der Waals surface area contributed by atoms with Crippen LogP contribution in [0, 0.1) is 12.8 Å². The number of benzene rings is 1. The summed E-state index contributed by atoms with van der Waals surface area (Å²) in [5.74, 6) is 0.608. The second kappa shape index (κ2) is 8.68. The average Bonchev–Trinajstić information content (AvgIpc) is 2.74. The number of alkyl halides is 3. The standard InChI is InChI=1S/C22H27F3N2O4/c1-14-10-16(22(23,24)25)2-3-19(14)31-18-4-7-26(8-5-18)21(29)27-9-6-20-15(12-27)11-17(28)13-30-20/h2-3,10,15,18,20H,4-9,11-13H2,1H3/t15-,20+/m1/s1. The molecule has 0 radical (unpaired) electrons. The van der Waals surface area contributed by atoms with E-state index in [1.807, 2.05) is 4.90 Å². The number of fused-ring (bicyclic) bond motifs is 1. The van der Waals surface area contributed by atoms with Crippen molar-refractivity contribution in [3.05, 3.63) is 29.3 Å². The fraction of sp³-hybridized carbons (Fsp3) is 0.636. The molecular weight excluding hydrogens is 413 g/mol. The van der Waals surface area contributed by atoms with Crippen molar-refractivity contribution in [1.82, 2.24) is 9.80 Å². The number of hydrogen-bond acceptors (Lipinski definition) is 4. The number of ether oxygens (including phenoxy) is 2. The highest BCUT2D eigenvalue weighted by Crippen LogP contribution is 2.33. The number of carbonyl (C=O) groups excluding carboxylic acids is 2. The Labute approximate surface area is 179 Å². The molecule has 3 heterocycles. The first-order valence-corrected chi connectivity index (χ1v) is 10.7. The predicted octanol–water partition coefficient (Wildman–Crippen LogP) is 3.66. The largest absolute Gasteiger partial charge is 0.490 e. The second-order valence-electron chi connectivity index (χ2n) is 8.65. The highest BCUT2D eigenvalue weighted by atomic mass is 19.4. The van der Waals surface area contributed by atoms with Crippen molar-refractivity contribution in [2.45, 2.75) is 51.0 Å². The van der Waals surface area contributed by atoms with Gasteiger partial charge < -0.3 is 19.3 Å². The van der Waals surface area contributed by atoms with Gasteiger partial charge in [0.2, 0.25) is 0 Å². The van der Waals surface area contributed by atoms with Crippen LogP contribution in [0.1, 0.15) is 36.8 Å². The van der Waals surface area contributed by atoms with Gasteiger partial charge in [-0.1, -0.05) is 0 Å². The Morgan fingerprint density at radius 1 is 1.13 bits per heavy atom. The van der Waals surface area contributed by atoms with E-state index in [0.717, 1.165) is 18.6 Å². The van der Waals surface area contributed by atoms with Crippen LogP contribution in [0.25, 0.3) is 0 Å². The van der Waals surface area contributed by atoms with Crippen molar-refractivity contribution in [2.75, 3.05) is 32.8 Å². The molecule has 31 heavy (non-hydrogen) atoms. The maximum atomic E-state index is 12.9. The minimum atomic E-state index is -4.37. The smallest absolute Gasteiger partial charge is 0.416 e. The molecule has 170 valence electrons. The Bertz CT molecular complexity index is 837. The highest BCUT2D eigenvalue weighted by Gasteiger charge is 2.38. The molecule has 4 rings (SSSR count). The van der Waals surface area contributed by atoms with Gasteiger partial charge in [-0.05, 0) is 37.1 Å². The van der Waals surface area contributed by atoms with Gasteiger partial charge in [0.25, 0.3) is 0 Å². The lowest BCUT2D eigenvalue weighted by molar-refractivity contribution is -0.140. The molecule has 1 aromatic carbocycles. The zero-order valence-electron chi connectivity index (χ0n) is 17.5. The third-order valence-corrected chi connectivity index (χ3v) is 6.39. The van der Waals surface area contributed by atoms with E-state index in [0.29, 0.717) is 56.8 Å². The zero-order chi connectivity index (χ0) is 22.2. The molecule has 3 saturated heterocycles. The van der Waals surface area contributed by atoms with Crippen molar-refractivity contribution < 1.29 is 32.2 Å². The van der Waals surface area contributed by atoms with Crippen LogP contribution < -0.4 is 4.74 Å². The average molecular weight is 440 g/mol. The van der Waals surface area contributed by atoms with Crippen LogP contribution in [0.5, 0.6) is 5.75 Å². The van der Waals surface area contributed by atoms with Crippen LogP contribution in [-0.4, -0.2) is 66.6 Å². The van der Waals surface area contributed by atoms with Crippen molar-refractivity contribution in [2.24, 2.45) is 5.92 Å². The van der Waals surface area contributed by atoms with Gasteiger partial charge in [0.05, 0.1) is 11.7 Å². The molecule has 0 spiro atoms. The summed E-state index contributed by atoms with van der Waals surface area (Å²) in [6, 6.07) is 3.47. The third kappa shape index (κ3) is 4.97. The van der Waals surface area contributed by atoms with E-state index < -0.39 is 11.7 Å². The van der Waals surface area contributed by atoms with Crippen LogP contribution in [0.15, 0.2) is 18.2 Å². The first kappa shape index (κ1) is 21.9. The van der Waals surface area contributed by atoms with Gasteiger partial charge in [0.15, 0.2) is 5.78 Å². The number of aryl methyl sites for hydroxylation is 1. The number of amides is 2. The molecular formula is C22H27F3N2O4. The van der Waals surface area contributed by atoms with E-state index in [-0.39, 0.29) is 36.5 Å². The fourth-order valence-electron chi connectivity index (χ4n) is 4.65. The minimum Gasteiger partial charge on any atom is -0.490 e. The summed E-state index contributed by atoms with van der Waals surface area (Å²) >= 11 is 0. The molecule has 3 aliphatic rings. The lowest BCUT2D eigenvalue weighted by Crippen LogP contribution is -2.55. The number of halogens is 3. The molecule has 3 aliphatic heterocycles. The molecule has 0 aromatic heterocycles. The number of piperidine rings is 2. The molecule has 9 heteroatoms. The van der Waals surface area contributed by atoms with Crippen molar-refractivity contribution in [3.63, 3.8) is 0 Å². The number of nitrogens with zero attached hydrogens (tertiary/aromatic N) is 2. The quantitative estimate of drug-likeness (QED) is 0.705. The van der Waals surface area contributed by atoms with E-state index in [4.69, 9.17) is 9.47 Å². The highest BCUT2D eigenvalue weighted by molar-refractivity contribution is 5.81. The van der Waals surface area contributed by atoms with Gasteiger partial charge in [-0.2, -0.15) is 13.2 Å². The van der Waals surface area contributed by atoms with E-state index in [9.17, 15) is 22.8 Å². The lowest BCUT2D eigenvalue weighted by Gasteiger charge is -2.43. The minimum absolute atomic E-state index is 0.0272. The Kier molecular flexibility index (Phi) is 6.14. The first-order chi connectivity index (χ1) is 14.7. The van der Waals surface area contributed by atoms with Gasteiger partial charge in [0, 0.05) is 51.4 Å². The van der Waals surface area contributed by atoms with Gasteiger partial charge in [-0.3, -0.25) is 4.79 Å². The van der Waals surface area contributed by atoms with Crippen molar-refractivity contribution >= 4 is 11.8 Å². The molecule has 3 fully saturated rings. The van der Waals surface area contributed by atoms with Crippen LogP contribution in [-0.2, 0) is 15.7 Å². The zero-order valence-corrected chi connectivity index (χ0v) is 17.5. The van der Waals surface area contributed by atoms with Crippen LogP contribution in [0.2, 0.25) is 0 Å². The van der Waals surface area contributed by atoms with E-state index in [2.05, 4.69) is 0 Å². The Morgan fingerprint density at radius 3 is 2.52 bits per heavy atom. The summed E-state index contributed by atoms with van der Waals surface area (Å²) < 4.78 is 50.0. The molecule has 2 atom stereocenters.